The molecule has 2 aliphatic rings. The minimum absolute atomic E-state index is 0.0562. The molecule has 0 radical (unpaired) electrons. The predicted octanol–water partition coefficient (Wildman–Crippen LogP) is 6.03. The van der Waals surface area contributed by atoms with Crippen LogP contribution in [0.3, 0.4) is 0 Å². The molecule has 0 amide bonds. The zero-order valence-electron chi connectivity index (χ0n) is 22.1. The van der Waals surface area contributed by atoms with Gasteiger partial charge in [0.25, 0.3) is 0 Å². The summed E-state index contributed by atoms with van der Waals surface area (Å²) in [6, 6.07) is 12.3. The van der Waals surface area contributed by atoms with Gasteiger partial charge in [0, 0.05) is 60.4 Å². The number of halogens is 3. The van der Waals surface area contributed by atoms with Gasteiger partial charge in [0.15, 0.2) is 0 Å². The van der Waals surface area contributed by atoms with Gasteiger partial charge in [0.05, 0.1) is 17.9 Å². The van der Waals surface area contributed by atoms with Crippen molar-refractivity contribution in [2.45, 2.75) is 51.4 Å². The molecule has 3 aromatic heterocycles. The van der Waals surface area contributed by atoms with E-state index in [9.17, 15) is 18.4 Å². The standard InChI is InChI=1S/C30H27F3N6S/c1-17-3-4-22(13-35-17)26-14-39(28-25-9-23(10-30(31,32)33)40-29(25)38-16-37-28)15-27(26)36-12-21-6-5-20-7-19(11-34)8-24(20)18(21)2/h3-6,8-9,13,16,26-27,36H,7,10,12,14-15H2,1-2H3. The van der Waals surface area contributed by atoms with E-state index in [1.165, 1.54) is 23.0 Å². The topological polar surface area (TPSA) is 77.7 Å². The predicted molar refractivity (Wildman–Crippen MR) is 150 cm³/mol. The minimum Gasteiger partial charge on any atom is -0.354 e. The third-order valence-corrected chi connectivity index (χ3v) is 8.87. The van der Waals surface area contributed by atoms with Crippen molar-refractivity contribution in [2.75, 3.05) is 18.0 Å². The number of nitrogens with zero attached hydrogens (tertiary/aromatic N) is 5. The monoisotopic (exact) mass is 560 g/mol. The molecule has 2 unspecified atom stereocenters. The number of thiophene rings is 1. The Morgan fingerprint density at radius 2 is 1.98 bits per heavy atom. The van der Waals surface area contributed by atoms with Crippen molar-refractivity contribution in [1.29, 1.82) is 5.26 Å². The first-order valence-corrected chi connectivity index (χ1v) is 13.9. The number of anilines is 1. The Morgan fingerprint density at radius 1 is 1.12 bits per heavy atom. The molecular weight excluding hydrogens is 533 g/mol. The van der Waals surface area contributed by atoms with Crippen LogP contribution in [0.25, 0.3) is 16.3 Å². The Hall–Kier alpha value is -3.81. The zero-order chi connectivity index (χ0) is 28.0. The summed E-state index contributed by atoms with van der Waals surface area (Å²) in [7, 11) is 0. The number of fused-ring (bicyclic) bond motifs is 2. The smallest absolute Gasteiger partial charge is 0.354 e. The summed E-state index contributed by atoms with van der Waals surface area (Å²) in [5.41, 5.74) is 7.49. The number of alkyl halides is 3. The SMILES string of the molecule is Cc1ccc(C2CN(c3ncnc4sc(CC(F)(F)F)cc34)CC2NCc2ccc3c(c2C)C=C(C#N)C3)cn1. The number of benzene rings is 1. The normalized spacial score (nSPS) is 18.7. The van der Waals surface area contributed by atoms with Gasteiger partial charge in [-0.05, 0) is 59.9 Å². The average molecular weight is 561 g/mol. The minimum atomic E-state index is -4.28. The van der Waals surface area contributed by atoms with Crippen molar-refractivity contribution < 1.29 is 13.2 Å². The van der Waals surface area contributed by atoms with E-state index in [0.29, 0.717) is 42.1 Å². The van der Waals surface area contributed by atoms with E-state index in [1.807, 2.05) is 25.3 Å². The van der Waals surface area contributed by atoms with Crippen molar-refractivity contribution in [2.24, 2.45) is 0 Å². The van der Waals surface area contributed by atoms with E-state index >= 15 is 0 Å². The van der Waals surface area contributed by atoms with Crippen molar-refractivity contribution in [3.05, 3.63) is 86.8 Å². The van der Waals surface area contributed by atoms with Crippen LogP contribution >= 0.6 is 11.3 Å². The second-order valence-electron chi connectivity index (χ2n) is 10.5. The van der Waals surface area contributed by atoms with Crippen LogP contribution < -0.4 is 10.2 Å². The first kappa shape index (κ1) is 26.4. The van der Waals surface area contributed by atoms with Gasteiger partial charge in [-0.2, -0.15) is 18.4 Å². The highest BCUT2D eigenvalue weighted by atomic mass is 32.1. The molecule has 40 heavy (non-hydrogen) atoms. The van der Waals surface area contributed by atoms with Crippen LogP contribution in [0, 0.1) is 25.2 Å². The third-order valence-electron chi connectivity index (χ3n) is 7.83. The van der Waals surface area contributed by atoms with E-state index in [4.69, 9.17) is 0 Å². The summed E-state index contributed by atoms with van der Waals surface area (Å²) in [6.45, 7) is 5.99. The molecule has 1 aliphatic heterocycles. The molecule has 10 heteroatoms. The molecule has 4 heterocycles. The maximum Gasteiger partial charge on any atom is 0.393 e. The van der Waals surface area contributed by atoms with Crippen molar-refractivity contribution in [3.8, 4) is 6.07 Å². The number of rotatable bonds is 6. The Kier molecular flexibility index (Phi) is 6.80. The zero-order valence-corrected chi connectivity index (χ0v) is 22.9. The fourth-order valence-electron chi connectivity index (χ4n) is 5.77. The van der Waals surface area contributed by atoms with E-state index in [2.05, 4.69) is 56.4 Å². The Balaban J connectivity index is 1.29. The number of pyridine rings is 1. The Bertz CT molecular complexity index is 1650. The lowest BCUT2D eigenvalue weighted by molar-refractivity contribution is -0.126. The fraction of sp³-hybridized carbons (Fsp3) is 0.333. The maximum atomic E-state index is 13.1. The van der Waals surface area contributed by atoms with Gasteiger partial charge in [-0.3, -0.25) is 4.98 Å². The number of nitrogens with one attached hydrogen (secondary N) is 1. The number of nitriles is 1. The molecule has 1 aromatic carbocycles. The van der Waals surface area contributed by atoms with Crippen LogP contribution in [0.5, 0.6) is 0 Å². The highest BCUT2D eigenvalue weighted by molar-refractivity contribution is 7.18. The molecule has 4 aromatic rings. The lowest BCUT2D eigenvalue weighted by atomic mass is 9.94. The average Bonchev–Trinajstić information content (AvgIpc) is 3.64. The summed E-state index contributed by atoms with van der Waals surface area (Å²) < 4.78 is 39.2. The highest BCUT2D eigenvalue weighted by Crippen LogP contribution is 2.37. The molecule has 6 rings (SSSR count). The number of aromatic nitrogens is 3. The second kappa shape index (κ2) is 10.3. The third kappa shape index (κ3) is 5.19. The van der Waals surface area contributed by atoms with Gasteiger partial charge >= 0.3 is 6.18 Å². The van der Waals surface area contributed by atoms with E-state index < -0.39 is 12.6 Å². The molecule has 0 spiro atoms. The van der Waals surface area contributed by atoms with E-state index in [1.54, 1.807) is 6.07 Å². The van der Waals surface area contributed by atoms with Crippen molar-refractivity contribution >= 4 is 33.4 Å². The molecule has 0 bridgehead atoms. The summed E-state index contributed by atoms with van der Waals surface area (Å²) in [5, 5.41) is 13.7. The van der Waals surface area contributed by atoms with Gasteiger partial charge in [-0.1, -0.05) is 18.2 Å². The Morgan fingerprint density at radius 3 is 2.73 bits per heavy atom. The van der Waals surface area contributed by atoms with Crippen LogP contribution in [0.15, 0.2) is 48.4 Å². The molecule has 6 nitrogen and oxygen atoms in total. The second-order valence-corrected chi connectivity index (χ2v) is 11.6. The number of aryl methyl sites for hydroxylation is 1. The largest absolute Gasteiger partial charge is 0.393 e. The summed E-state index contributed by atoms with van der Waals surface area (Å²) in [4.78, 5) is 16.2. The Labute approximate surface area is 234 Å². The number of hydrogen-bond acceptors (Lipinski definition) is 7. The van der Waals surface area contributed by atoms with Crippen LogP contribution in [0.4, 0.5) is 19.0 Å². The maximum absolute atomic E-state index is 13.1. The first-order chi connectivity index (χ1) is 19.2. The van der Waals surface area contributed by atoms with E-state index in [0.717, 1.165) is 33.7 Å². The molecular formula is C30H27F3N6S. The molecule has 1 aliphatic carbocycles. The summed E-state index contributed by atoms with van der Waals surface area (Å²) in [6.07, 6.45) is 0.769. The first-order valence-electron chi connectivity index (χ1n) is 13.1. The molecule has 0 saturated carbocycles. The highest BCUT2D eigenvalue weighted by Gasteiger charge is 2.36. The summed E-state index contributed by atoms with van der Waals surface area (Å²) >= 11 is 1.07. The number of allylic oxidation sites excluding steroid dienone is 1. The van der Waals surface area contributed by atoms with Crippen LogP contribution in [0.2, 0.25) is 0 Å². The lowest BCUT2D eigenvalue weighted by Gasteiger charge is -2.21. The quantitative estimate of drug-likeness (QED) is 0.310. The van der Waals surface area contributed by atoms with Crippen LogP contribution in [-0.4, -0.2) is 40.3 Å². The van der Waals surface area contributed by atoms with Crippen molar-refractivity contribution in [3.63, 3.8) is 0 Å². The summed E-state index contributed by atoms with van der Waals surface area (Å²) in [5.74, 6) is 0.762. The van der Waals surface area contributed by atoms with Gasteiger partial charge in [-0.25, -0.2) is 9.97 Å². The molecule has 1 fully saturated rings. The fourth-order valence-corrected chi connectivity index (χ4v) is 6.79. The van der Waals surface area contributed by atoms with Crippen LogP contribution in [-0.2, 0) is 19.4 Å². The molecule has 1 N–H and O–H groups in total. The van der Waals surface area contributed by atoms with Gasteiger partial charge in [-0.15, -0.1) is 11.3 Å². The molecule has 1 saturated heterocycles. The van der Waals surface area contributed by atoms with Gasteiger partial charge < -0.3 is 10.2 Å². The van der Waals surface area contributed by atoms with Gasteiger partial charge in [0.1, 0.15) is 17.0 Å². The number of hydrogen-bond donors (Lipinski definition) is 1. The molecule has 204 valence electrons. The van der Waals surface area contributed by atoms with Gasteiger partial charge in [0.2, 0.25) is 0 Å². The van der Waals surface area contributed by atoms with Crippen LogP contribution in [0.1, 0.15) is 44.3 Å². The molecule has 2 atom stereocenters. The van der Waals surface area contributed by atoms with Crippen molar-refractivity contribution in [1.82, 2.24) is 20.3 Å². The lowest BCUT2D eigenvalue weighted by Crippen LogP contribution is -2.35. The van der Waals surface area contributed by atoms with E-state index in [-0.39, 0.29) is 16.8 Å².